The van der Waals surface area contributed by atoms with Gasteiger partial charge in [0.1, 0.15) is 18.1 Å². The number of halogens is 1. The van der Waals surface area contributed by atoms with E-state index in [1.54, 1.807) is 22.5 Å². The molecule has 0 radical (unpaired) electrons. The van der Waals surface area contributed by atoms with Crippen LogP contribution in [0.5, 0.6) is 11.5 Å². The predicted molar refractivity (Wildman–Crippen MR) is 112 cm³/mol. The van der Waals surface area contributed by atoms with Crippen LogP contribution in [0.2, 0.25) is 0 Å². The summed E-state index contributed by atoms with van der Waals surface area (Å²) < 4.78 is 39.7. The number of ether oxygens (including phenoxy) is 2. The lowest BCUT2D eigenvalue weighted by atomic mass is 9.90. The zero-order chi connectivity index (χ0) is 19.3. The molecule has 2 fully saturated rings. The molecule has 3 aliphatic heterocycles. The van der Waals surface area contributed by atoms with E-state index in [0.29, 0.717) is 49.6 Å². The van der Waals surface area contributed by atoms with Crippen molar-refractivity contribution in [3.05, 3.63) is 54.1 Å². The van der Waals surface area contributed by atoms with Crippen molar-refractivity contribution < 1.29 is 17.9 Å². The molecule has 3 atom stereocenters. The van der Waals surface area contributed by atoms with Crippen LogP contribution in [0, 0.1) is 11.8 Å². The molecule has 0 bridgehead atoms. The van der Waals surface area contributed by atoms with Crippen LogP contribution in [-0.4, -0.2) is 57.5 Å². The Morgan fingerprint density at radius 3 is 2.48 bits per heavy atom. The van der Waals surface area contributed by atoms with Crippen molar-refractivity contribution in [3.63, 3.8) is 0 Å². The van der Waals surface area contributed by atoms with Gasteiger partial charge in [0.15, 0.2) is 11.5 Å². The number of para-hydroxylation sites is 1. The van der Waals surface area contributed by atoms with Gasteiger partial charge in [-0.2, -0.15) is 4.31 Å². The molecule has 156 valence electrons. The normalized spacial score (nSPS) is 26.7. The van der Waals surface area contributed by atoms with Gasteiger partial charge in [-0.1, -0.05) is 36.4 Å². The molecule has 2 aromatic rings. The molecular formula is C21H25ClN2O4S. The van der Waals surface area contributed by atoms with E-state index in [1.807, 2.05) is 18.2 Å². The fraction of sp³-hybridized carbons (Fsp3) is 0.429. The summed E-state index contributed by atoms with van der Waals surface area (Å²) in [4.78, 5) is 2.57. The van der Waals surface area contributed by atoms with Crippen LogP contribution in [0.4, 0.5) is 0 Å². The summed E-state index contributed by atoms with van der Waals surface area (Å²) in [7, 11) is -1.50. The molecule has 6 nitrogen and oxygen atoms in total. The first-order valence-electron chi connectivity index (χ1n) is 9.69. The number of nitrogens with zero attached hydrogens (tertiary/aromatic N) is 2. The van der Waals surface area contributed by atoms with E-state index in [9.17, 15) is 8.42 Å². The second kappa shape index (κ2) is 7.80. The van der Waals surface area contributed by atoms with Crippen molar-refractivity contribution in [2.75, 3.05) is 39.9 Å². The average Bonchev–Trinajstić information content (AvgIpc) is 3.25. The first kappa shape index (κ1) is 20.5. The Morgan fingerprint density at radius 2 is 1.69 bits per heavy atom. The van der Waals surface area contributed by atoms with Gasteiger partial charge in [-0.25, -0.2) is 8.42 Å². The Hall–Kier alpha value is -1.80. The summed E-state index contributed by atoms with van der Waals surface area (Å²) in [5.41, 5.74) is 1.26. The van der Waals surface area contributed by atoms with Gasteiger partial charge >= 0.3 is 0 Å². The number of hydrogen-bond acceptors (Lipinski definition) is 5. The van der Waals surface area contributed by atoms with E-state index in [2.05, 4.69) is 24.1 Å². The summed E-state index contributed by atoms with van der Waals surface area (Å²) in [5, 5.41) is 0. The third-order valence-corrected chi connectivity index (χ3v) is 8.01. The van der Waals surface area contributed by atoms with Gasteiger partial charge < -0.3 is 9.47 Å². The second-order valence-corrected chi connectivity index (χ2v) is 9.73. The fourth-order valence-corrected chi connectivity index (χ4v) is 6.63. The van der Waals surface area contributed by atoms with E-state index in [0.717, 1.165) is 6.54 Å². The highest BCUT2D eigenvalue weighted by Crippen LogP contribution is 2.46. The molecule has 0 aromatic heterocycles. The van der Waals surface area contributed by atoms with E-state index in [4.69, 9.17) is 9.47 Å². The number of benzene rings is 2. The molecule has 0 spiro atoms. The lowest BCUT2D eigenvalue weighted by molar-refractivity contribution is 0.166. The summed E-state index contributed by atoms with van der Waals surface area (Å²) >= 11 is 0. The van der Waals surface area contributed by atoms with Gasteiger partial charge in [-0.3, -0.25) is 4.90 Å². The van der Waals surface area contributed by atoms with Gasteiger partial charge in [-0.15, -0.1) is 12.4 Å². The number of sulfonamides is 1. The molecule has 3 heterocycles. The van der Waals surface area contributed by atoms with Crippen LogP contribution in [0.25, 0.3) is 0 Å². The van der Waals surface area contributed by atoms with Crippen molar-refractivity contribution in [1.82, 2.24) is 9.21 Å². The predicted octanol–water partition coefficient (Wildman–Crippen LogP) is 2.80. The van der Waals surface area contributed by atoms with Crippen molar-refractivity contribution in [2.24, 2.45) is 11.8 Å². The molecule has 0 saturated carbocycles. The number of hydrogen-bond donors (Lipinski definition) is 0. The Bertz CT molecular complexity index is 985. The largest absolute Gasteiger partial charge is 0.486 e. The molecule has 8 heteroatoms. The number of fused-ring (bicyclic) bond motifs is 2. The molecule has 2 saturated heterocycles. The maximum atomic E-state index is 13.4. The molecule has 3 aliphatic rings. The molecule has 29 heavy (non-hydrogen) atoms. The first-order valence-corrected chi connectivity index (χ1v) is 11.1. The topological polar surface area (TPSA) is 59.1 Å². The highest BCUT2D eigenvalue weighted by Gasteiger charge is 2.49. The fourth-order valence-electron chi connectivity index (χ4n) is 4.95. The Labute approximate surface area is 177 Å². The standard InChI is InChI=1S/C21H24N2O4S.ClH/c1-22-12-16-13-23(14-17(16)20(22)15-6-3-2-4-7-15)28(24,25)19-9-5-8-18-21(19)27-11-10-26-18;/h2-9,16-17,20H,10-14H2,1H3;1H/t16-,17+,20-;/m0./s1. The molecule has 0 N–H and O–H groups in total. The number of likely N-dealkylation sites (tertiary alicyclic amines) is 1. The third-order valence-electron chi connectivity index (χ3n) is 6.15. The Balaban J connectivity index is 0.00000205. The Kier molecular flexibility index (Phi) is 5.50. The minimum Gasteiger partial charge on any atom is -0.486 e. The van der Waals surface area contributed by atoms with Crippen LogP contribution < -0.4 is 9.47 Å². The van der Waals surface area contributed by atoms with Gasteiger partial charge in [-0.05, 0) is 36.6 Å². The lowest BCUT2D eigenvalue weighted by Gasteiger charge is -2.27. The van der Waals surface area contributed by atoms with Gasteiger partial charge in [0.2, 0.25) is 10.0 Å². The molecule has 0 amide bonds. The monoisotopic (exact) mass is 436 g/mol. The highest BCUT2D eigenvalue weighted by atomic mass is 35.5. The van der Waals surface area contributed by atoms with Crippen LogP contribution in [-0.2, 0) is 10.0 Å². The number of rotatable bonds is 3. The van der Waals surface area contributed by atoms with Crippen molar-refractivity contribution in [3.8, 4) is 11.5 Å². The van der Waals surface area contributed by atoms with E-state index < -0.39 is 10.0 Å². The summed E-state index contributed by atoms with van der Waals surface area (Å²) in [6, 6.07) is 15.7. The highest BCUT2D eigenvalue weighted by molar-refractivity contribution is 7.89. The van der Waals surface area contributed by atoms with Crippen LogP contribution >= 0.6 is 12.4 Å². The van der Waals surface area contributed by atoms with E-state index in [1.165, 1.54) is 5.56 Å². The van der Waals surface area contributed by atoms with Crippen LogP contribution in [0.1, 0.15) is 11.6 Å². The third kappa shape index (κ3) is 3.40. The van der Waals surface area contributed by atoms with Gasteiger partial charge in [0, 0.05) is 25.7 Å². The summed E-state index contributed by atoms with van der Waals surface area (Å²) in [5.74, 6) is 1.48. The zero-order valence-corrected chi connectivity index (χ0v) is 17.9. The minimum atomic E-state index is -3.64. The van der Waals surface area contributed by atoms with Crippen LogP contribution in [0.3, 0.4) is 0 Å². The zero-order valence-electron chi connectivity index (χ0n) is 16.2. The van der Waals surface area contributed by atoms with E-state index in [-0.39, 0.29) is 23.3 Å². The Morgan fingerprint density at radius 1 is 0.931 bits per heavy atom. The summed E-state index contributed by atoms with van der Waals surface area (Å²) in [6.07, 6.45) is 0. The SMILES string of the molecule is CN1C[C@H]2CN(S(=O)(=O)c3cccc4c3OCCO4)C[C@H]2[C@@H]1c1ccccc1.Cl. The minimum absolute atomic E-state index is 0. The molecule has 0 aliphatic carbocycles. The van der Waals surface area contributed by atoms with Crippen molar-refractivity contribution >= 4 is 22.4 Å². The molecule has 5 rings (SSSR count). The average molecular weight is 437 g/mol. The summed E-state index contributed by atoms with van der Waals surface area (Å²) in [6.45, 7) is 2.79. The smallest absolute Gasteiger partial charge is 0.246 e. The molecule has 2 aromatic carbocycles. The first-order chi connectivity index (χ1) is 13.6. The van der Waals surface area contributed by atoms with E-state index >= 15 is 0 Å². The van der Waals surface area contributed by atoms with Crippen molar-refractivity contribution in [1.29, 1.82) is 0 Å². The second-order valence-electron chi connectivity index (χ2n) is 7.82. The maximum Gasteiger partial charge on any atom is 0.246 e. The van der Waals surface area contributed by atoms with Crippen molar-refractivity contribution in [2.45, 2.75) is 10.9 Å². The van der Waals surface area contributed by atoms with Gasteiger partial charge in [0.25, 0.3) is 0 Å². The molecular weight excluding hydrogens is 412 g/mol. The molecule has 0 unspecified atom stereocenters. The maximum absolute atomic E-state index is 13.4. The van der Waals surface area contributed by atoms with Gasteiger partial charge in [0.05, 0.1) is 0 Å². The van der Waals surface area contributed by atoms with Crippen LogP contribution in [0.15, 0.2) is 53.4 Å². The lowest BCUT2D eigenvalue weighted by Crippen LogP contribution is -2.34. The quantitative estimate of drug-likeness (QED) is 0.740.